The Morgan fingerprint density at radius 2 is 1.44 bits per heavy atom. The van der Waals surface area contributed by atoms with Gasteiger partial charge in [0, 0.05) is 55.9 Å². The normalized spacial score (nSPS) is 17.9. The molecule has 1 N–H and O–H groups in total. The van der Waals surface area contributed by atoms with Crippen LogP contribution < -0.4 is 5.32 Å². The average Bonchev–Trinajstić information content (AvgIpc) is 3.42. The summed E-state index contributed by atoms with van der Waals surface area (Å²) < 4.78 is 2.01. The van der Waals surface area contributed by atoms with Crippen LogP contribution in [0.5, 0.6) is 0 Å². The number of rotatable bonds is 3. The molecule has 6 nitrogen and oxygen atoms in total. The molecule has 27 heavy (non-hydrogen) atoms. The zero-order valence-corrected chi connectivity index (χ0v) is 15.5. The SMILES string of the molecule is O=C(NC1CCCC1)N1CCN(C(=O)c2ccc(-n3cccc3)cc2)CC1. The molecule has 4 rings (SSSR count). The number of piperazine rings is 1. The maximum Gasteiger partial charge on any atom is 0.317 e. The first-order valence-electron chi connectivity index (χ1n) is 9.79. The van der Waals surface area contributed by atoms with Crippen LogP contribution in [0.25, 0.3) is 5.69 Å². The molecular formula is C21H26N4O2. The molecule has 0 atom stereocenters. The van der Waals surface area contributed by atoms with Crippen molar-refractivity contribution in [1.82, 2.24) is 19.7 Å². The molecule has 1 saturated carbocycles. The second kappa shape index (κ2) is 7.86. The smallest absolute Gasteiger partial charge is 0.317 e. The van der Waals surface area contributed by atoms with Crippen molar-refractivity contribution in [2.45, 2.75) is 31.7 Å². The predicted molar refractivity (Wildman–Crippen MR) is 104 cm³/mol. The maximum absolute atomic E-state index is 12.8. The van der Waals surface area contributed by atoms with Gasteiger partial charge in [-0.25, -0.2) is 4.79 Å². The fourth-order valence-corrected chi connectivity index (χ4v) is 3.91. The summed E-state index contributed by atoms with van der Waals surface area (Å²) >= 11 is 0. The van der Waals surface area contributed by atoms with E-state index in [1.165, 1.54) is 12.8 Å². The van der Waals surface area contributed by atoms with Crippen LogP contribution in [0.4, 0.5) is 4.79 Å². The third-order valence-electron chi connectivity index (χ3n) is 5.55. The van der Waals surface area contributed by atoms with Crippen LogP contribution in [0.15, 0.2) is 48.8 Å². The number of nitrogens with one attached hydrogen (secondary N) is 1. The summed E-state index contributed by atoms with van der Waals surface area (Å²) in [5.74, 6) is 0.0323. The third-order valence-corrected chi connectivity index (χ3v) is 5.55. The van der Waals surface area contributed by atoms with Crippen molar-refractivity contribution in [1.29, 1.82) is 0 Å². The highest BCUT2D eigenvalue weighted by Crippen LogP contribution is 2.18. The Hall–Kier alpha value is -2.76. The van der Waals surface area contributed by atoms with Crippen LogP contribution in [0, 0.1) is 0 Å². The second-order valence-electron chi connectivity index (χ2n) is 7.35. The highest BCUT2D eigenvalue weighted by molar-refractivity contribution is 5.94. The third kappa shape index (κ3) is 3.99. The van der Waals surface area contributed by atoms with Gasteiger partial charge in [0.05, 0.1) is 0 Å². The van der Waals surface area contributed by atoms with E-state index in [4.69, 9.17) is 0 Å². The molecule has 2 aromatic rings. The molecule has 0 unspecified atom stereocenters. The molecule has 1 saturated heterocycles. The summed E-state index contributed by atoms with van der Waals surface area (Å²) in [5, 5.41) is 3.13. The highest BCUT2D eigenvalue weighted by Gasteiger charge is 2.26. The maximum atomic E-state index is 12.8. The molecule has 1 aromatic heterocycles. The minimum Gasteiger partial charge on any atom is -0.335 e. The van der Waals surface area contributed by atoms with Gasteiger partial charge in [-0.3, -0.25) is 4.79 Å². The summed E-state index contributed by atoms with van der Waals surface area (Å²) in [7, 11) is 0. The van der Waals surface area contributed by atoms with E-state index < -0.39 is 0 Å². The molecule has 2 fully saturated rings. The van der Waals surface area contributed by atoms with Gasteiger partial charge in [-0.1, -0.05) is 12.8 Å². The Morgan fingerprint density at radius 1 is 0.852 bits per heavy atom. The van der Waals surface area contributed by atoms with Gasteiger partial charge in [0.2, 0.25) is 0 Å². The van der Waals surface area contributed by atoms with Gasteiger partial charge in [0.15, 0.2) is 0 Å². The van der Waals surface area contributed by atoms with Crippen LogP contribution in [0.3, 0.4) is 0 Å². The lowest BCUT2D eigenvalue weighted by Crippen LogP contribution is -2.54. The van der Waals surface area contributed by atoms with E-state index in [0.717, 1.165) is 18.5 Å². The Balaban J connectivity index is 1.31. The first-order chi connectivity index (χ1) is 13.2. The van der Waals surface area contributed by atoms with E-state index in [2.05, 4.69) is 5.32 Å². The van der Waals surface area contributed by atoms with Gasteiger partial charge in [-0.05, 0) is 49.2 Å². The molecule has 0 bridgehead atoms. The van der Waals surface area contributed by atoms with Crippen molar-refractivity contribution in [2.24, 2.45) is 0 Å². The Morgan fingerprint density at radius 3 is 2.07 bits per heavy atom. The molecule has 1 aromatic carbocycles. The molecule has 2 heterocycles. The largest absolute Gasteiger partial charge is 0.335 e. The standard InChI is InChI=1S/C21H26N4O2/c26-20(17-7-9-19(10-8-17)23-11-3-4-12-23)24-13-15-25(16-14-24)21(27)22-18-5-1-2-6-18/h3-4,7-12,18H,1-2,5-6,13-16H2,(H,22,27). The summed E-state index contributed by atoms with van der Waals surface area (Å²) in [6.07, 6.45) is 8.54. The number of hydrogen-bond donors (Lipinski definition) is 1. The monoisotopic (exact) mass is 366 g/mol. The minimum atomic E-state index is 0.0186. The van der Waals surface area contributed by atoms with Crippen molar-refractivity contribution in [2.75, 3.05) is 26.2 Å². The molecule has 0 spiro atoms. The second-order valence-corrected chi connectivity index (χ2v) is 7.35. The van der Waals surface area contributed by atoms with Gasteiger partial charge < -0.3 is 19.7 Å². The van der Waals surface area contributed by atoms with Crippen LogP contribution in [0.1, 0.15) is 36.0 Å². The van der Waals surface area contributed by atoms with Crippen LogP contribution in [-0.2, 0) is 0 Å². The number of carbonyl (C=O) groups excluding carboxylic acids is 2. The van der Waals surface area contributed by atoms with Gasteiger partial charge in [0.25, 0.3) is 5.91 Å². The van der Waals surface area contributed by atoms with Gasteiger partial charge in [-0.15, -0.1) is 0 Å². The van der Waals surface area contributed by atoms with E-state index in [1.807, 2.05) is 63.2 Å². The van der Waals surface area contributed by atoms with E-state index >= 15 is 0 Å². The number of urea groups is 1. The topological polar surface area (TPSA) is 57.6 Å². The fraction of sp³-hybridized carbons (Fsp3) is 0.429. The van der Waals surface area contributed by atoms with Gasteiger partial charge >= 0.3 is 6.03 Å². The van der Waals surface area contributed by atoms with Gasteiger partial charge in [0.1, 0.15) is 0 Å². The number of nitrogens with zero attached hydrogens (tertiary/aromatic N) is 3. The first kappa shape index (κ1) is 17.6. The van der Waals surface area contributed by atoms with Gasteiger partial charge in [-0.2, -0.15) is 0 Å². The number of hydrogen-bond acceptors (Lipinski definition) is 2. The van der Waals surface area contributed by atoms with E-state index in [0.29, 0.717) is 37.8 Å². The van der Waals surface area contributed by atoms with E-state index in [1.54, 1.807) is 0 Å². The molecule has 6 heteroatoms. The van der Waals surface area contributed by atoms with E-state index in [9.17, 15) is 9.59 Å². The quantitative estimate of drug-likeness (QED) is 0.908. The van der Waals surface area contributed by atoms with Crippen LogP contribution in [0.2, 0.25) is 0 Å². The molecule has 0 radical (unpaired) electrons. The number of carbonyl (C=O) groups is 2. The lowest BCUT2D eigenvalue weighted by molar-refractivity contribution is 0.0663. The van der Waals surface area contributed by atoms with Crippen molar-refractivity contribution in [3.63, 3.8) is 0 Å². The summed E-state index contributed by atoms with van der Waals surface area (Å²) in [4.78, 5) is 28.8. The molecule has 1 aliphatic carbocycles. The minimum absolute atomic E-state index is 0.0186. The molecule has 1 aliphatic heterocycles. The lowest BCUT2D eigenvalue weighted by atomic mass is 10.1. The number of benzene rings is 1. The Kier molecular flexibility index (Phi) is 5.14. The van der Waals surface area contributed by atoms with Crippen LogP contribution in [-0.4, -0.2) is 58.5 Å². The molecule has 3 amide bonds. The highest BCUT2D eigenvalue weighted by atomic mass is 16.2. The van der Waals surface area contributed by atoms with Crippen molar-refractivity contribution >= 4 is 11.9 Å². The van der Waals surface area contributed by atoms with Crippen LogP contribution >= 0.6 is 0 Å². The zero-order chi connectivity index (χ0) is 18.6. The first-order valence-corrected chi connectivity index (χ1v) is 9.79. The summed E-state index contributed by atoms with van der Waals surface area (Å²) in [5.41, 5.74) is 1.72. The van der Waals surface area contributed by atoms with Crippen molar-refractivity contribution < 1.29 is 9.59 Å². The zero-order valence-electron chi connectivity index (χ0n) is 15.5. The predicted octanol–water partition coefficient (Wildman–Crippen LogP) is 2.89. The van der Waals surface area contributed by atoms with Crippen molar-refractivity contribution in [3.05, 3.63) is 54.4 Å². The average molecular weight is 366 g/mol. The number of aromatic nitrogens is 1. The Labute approximate surface area is 159 Å². The lowest BCUT2D eigenvalue weighted by Gasteiger charge is -2.35. The molecular weight excluding hydrogens is 340 g/mol. The number of amides is 3. The van der Waals surface area contributed by atoms with Crippen molar-refractivity contribution in [3.8, 4) is 5.69 Å². The molecule has 142 valence electrons. The Bertz CT molecular complexity index is 771. The fourth-order valence-electron chi connectivity index (χ4n) is 3.91. The summed E-state index contributed by atoms with van der Waals surface area (Å²) in [6.45, 7) is 2.34. The summed E-state index contributed by atoms with van der Waals surface area (Å²) in [6, 6.07) is 12.0. The van der Waals surface area contributed by atoms with E-state index in [-0.39, 0.29) is 11.9 Å². The molecule has 2 aliphatic rings.